The van der Waals surface area contributed by atoms with E-state index in [-0.39, 0.29) is 18.4 Å². The van der Waals surface area contributed by atoms with E-state index in [1.807, 2.05) is 55.9 Å². The van der Waals surface area contributed by atoms with Gasteiger partial charge >= 0.3 is 5.97 Å². The highest BCUT2D eigenvalue weighted by Crippen LogP contribution is 2.43. The third-order valence-electron chi connectivity index (χ3n) is 8.00. The van der Waals surface area contributed by atoms with Crippen LogP contribution in [0.5, 0.6) is 5.75 Å². The molecular formula is C34H37BrClFN4O3. The van der Waals surface area contributed by atoms with Gasteiger partial charge in [0.25, 0.3) is 0 Å². The number of carbonyl (C=O) groups is 1. The van der Waals surface area contributed by atoms with Gasteiger partial charge in [-0.25, -0.2) is 9.18 Å². The number of esters is 1. The topological polar surface area (TPSA) is 84.3 Å². The van der Waals surface area contributed by atoms with Gasteiger partial charge in [0.2, 0.25) is 0 Å². The maximum atomic E-state index is 13.8. The number of ether oxygens (including phenoxy) is 2. The molecule has 5 aromatic rings. The van der Waals surface area contributed by atoms with Gasteiger partial charge in [-0.2, -0.15) is 5.10 Å². The Balaban J connectivity index is 1.60. The van der Waals surface area contributed by atoms with Crippen molar-refractivity contribution in [3.05, 3.63) is 82.0 Å². The Morgan fingerprint density at radius 3 is 2.64 bits per heavy atom. The molecule has 5 rings (SSSR count). The first-order valence-corrected chi connectivity index (χ1v) is 16.4. The van der Waals surface area contributed by atoms with Crippen LogP contribution in [0, 0.1) is 12.7 Å². The van der Waals surface area contributed by atoms with Crippen LogP contribution in [0.3, 0.4) is 0 Å². The molecule has 0 bridgehead atoms. The molecule has 44 heavy (non-hydrogen) atoms. The third-order valence-corrected chi connectivity index (χ3v) is 8.84. The molecule has 10 heteroatoms. The summed E-state index contributed by atoms with van der Waals surface area (Å²) < 4.78 is 29.5. The monoisotopic (exact) mass is 682 g/mol. The van der Waals surface area contributed by atoms with Crippen molar-refractivity contribution in [2.24, 2.45) is 12.8 Å². The molecule has 0 unspecified atom stereocenters. The lowest BCUT2D eigenvalue weighted by atomic mass is 9.98. The smallest absolute Gasteiger partial charge is 0.355 e. The molecule has 2 heterocycles. The quantitative estimate of drug-likeness (QED) is 0.0770. The molecule has 232 valence electrons. The highest BCUT2D eigenvalue weighted by atomic mass is 79.9. The zero-order valence-electron chi connectivity index (χ0n) is 25.3. The number of nitrogens with zero attached hydrogens (tertiary/aromatic N) is 3. The average molecular weight is 684 g/mol. The molecule has 0 aliphatic rings. The van der Waals surface area contributed by atoms with Crippen LogP contribution in [0.4, 0.5) is 4.39 Å². The summed E-state index contributed by atoms with van der Waals surface area (Å²) in [5.74, 6) is 0.0445. The predicted molar refractivity (Wildman–Crippen MR) is 178 cm³/mol. The van der Waals surface area contributed by atoms with Gasteiger partial charge in [0, 0.05) is 46.5 Å². The largest absolute Gasteiger partial charge is 0.493 e. The van der Waals surface area contributed by atoms with Crippen molar-refractivity contribution in [2.45, 2.75) is 51.4 Å². The number of rotatable bonds is 13. The number of nitrogens with two attached hydrogens (primary N) is 1. The molecule has 2 aromatic heterocycles. The normalized spacial score (nSPS) is 11.5. The number of alkyl halides is 1. The van der Waals surface area contributed by atoms with Gasteiger partial charge in [0.15, 0.2) is 0 Å². The maximum absolute atomic E-state index is 13.8. The van der Waals surface area contributed by atoms with Crippen molar-refractivity contribution >= 4 is 55.2 Å². The summed E-state index contributed by atoms with van der Waals surface area (Å²) >= 11 is 10.6. The summed E-state index contributed by atoms with van der Waals surface area (Å²) in [7, 11) is 1.92. The molecule has 0 spiro atoms. The molecule has 7 nitrogen and oxygen atoms in total. The van der Waals surface area contributed by atoms with Gasteiger partial charge in [-0.1, -0.05) is 45.7 Å². The van der Waals surface area contributed by atoms with Crippen molar-refractivity contribution in [1.29, 1.82) is 0 Å². The van der Waals surface area contributed by atoms with Crippen LogP contribution in [0.1, 0.15) is 53.6 Å². The second kappa shape index (κ2) is 14.1. The van der Waals surface area contributed by atoms with Gasteiger partial charge < -0.3 is 19.8 Å². The Hall–Kier alpha value is -3.40. The Morgan fingerprint density at radius 1 is 1.09 bits per heavy atom. The van der Waals surface area contributed by atoms with Crippen molar-refractivity contribution in [1.82, 2.24) is 14.3 Å². The molecule has 2 N–H and O–H groups in total. The number of fused-ring (bicyclic) bond motifs is 2. The standard InChI is InChI=1S/C34H37BrClFN4O3/c1-4-43-34(42)33-25(10-8-18-44-29-11-7-9-22-19-23(37)12-13-24(22)29)26-14-15-27(36)31(32(26)41(33)17-6-5-16-38)30-21(2)40(3)39-28(30)20-35/h7,9,11-15,19H,4-6,8,10,16-18,20,38H2,1-3H3. The number of benzene rings is 3. The highest BCUT2D eigenvalue weighted by molar-refractivity contribution is 9.08. The first-order chi connectivity index (χ1) is 21.3. The molecule has 0 aliphatic carbocycles. The van der Waals surface area contributed by atoms with Crippen LogP contribution < -0.4 is 10.5 Å². The van der Waals surface area contributed by atoms with Crippen LogP contribution in [0.15, 0.2) is 48.5 Å². The fourth-order valence-corrected chi connectivity index (χ4v) is 6.57. The zero-order chi connectivity index (χ0) is 31.4. The molecule has 0 amide bonds. The molecule has 0 aliphatic heterocycles. The summed E-state index contributed by atoms with van der Waals surface area (Å²) in [4.78, 5) is 13.7. The Bertz CT molecular complexity index is 1820. The maximum Gasteiger partial charge on any atom is 0.355 e. The summed E-state index contributed by atoms with van der Waals surface area (Å²) in [5.41, 5.74) is 11.8. The second-order valence-corrected chi connectivity index (χ2v) is 11.7. The van der Waals surface area contributed by atoms with Gasteiger partial charge in [0.1, 0.15) is 17.3 Å². The number of aryl methyl sites for hydroxylation is 3. The van der Waals surface area contributed by atoms with Gasteiger partial charge in [0.05, 0.1) is 29.4 Å². The molecular weight excluding hydrogens is 647 g/mol. The number of carbonyl (C=O) groups excluding carboxylic acids is 1. The minimum absolute atomic E-state index is 0.260. The molecule has 0 radical (unpaired) electrons. The lowest BCUT2D eigenvalue weighted by Crippen LogP contribution is -2.15. The molecule has 0 atom stereocenters. The van der Waals surface area contributed by atoms with Crippen molar-refractivity contribution in [2.75, 3.05) is 19.8 Å². The van der Waals surface area contributed by atoms with Crippen LogP contribution in [0.25, 0.3) is 32.8 Å². The second-order valence-electron chi connectivity index (χ2n) is 10.8. The predicted octanol–water partition coefficient (Wildman–Crippen LogP) is 8.12. The van der Waals surface area contributed by atoms with E-state index in [1.54, 1.807) is 6.07 Å². The van der Waals surface area contributed by atoms with E-state index in [2.05, 4.69) is 20.5 Å². The molecule has 3 aromatic carbocycles. The van der Waals surface area contributed by atoms with E-state index in [0.29, 0.717) is 54.3 Å². The zero-order valence-corrected chi connectivity index (χ0v) is 27.6. The van der Waals surface area contributed by atoms with Gasteiger partial charge in [-0.3, -0.25) is 4.68 Å². The van der Waals surface area contributed by atoms with E-state index < -0.39 is 0 Å². The van der Waals surface area contributed by atoms with E-state index in [0.717, 1.165) is 62.6 Å². The van der Waals surface area contributed by atoms with Crippen LogP contribution >= 0.6 is 27.5 Å². The van der Waals surface area contributed by atoms with E-state index in [1.165, 1.54) is 12.1 Å². The van der Waals surface area contributed by atoms with Gasteiger partial charge in [-0.05, 0) is 87.4 Å². The number of unbranched alkanes of at least 4 members (excludes halogenated alkanes) is 1. The highest BCUT2D eigenvalue weighted by Gasteiger charge is 2.29. The fraction of sp³-hybridized carbons (Fsp3) is 0.353. The van der Waals surface area contributed by atoms with Crippen molar-refractivity contribution < 1.29 is 18.7 Å². The molecule has 0 saturated carbocycles. The van der Waals surface area contributed by atoms with Gasteiger partial charge in [-0.15, -0.1) is 0 Å². The Labute approximate surface area is 270 Å². The van der Waals surface area contributed by atoms with Crippen molar-refractivity contribution in [3.8, 4) is 16.9 Å². The SMILES string of the molecule is CCOC(=O)c1c(CCCOc2cccc3cc(F)ccc23)c2ccc(Cl)c(-c3c(CBr)nn(C)c3C)c2n1CCCCN. The fourth-order valence-electron chi connectivity index (χ4n) is 5.93. The lowest BCUT2D eigenvalue weighted by molar-refractivity contribution is 0.0512. The summed E-state index contributed by atoms with van der Waals surface area (Å²) in [5, 5.41) is 8.45. The summed E-state index contributed by atoms with van der Waals surface area (Å²) in [6.07, 6.45) is 2.82. The van der Waals surface area contributed by atoms with Crippen LogP contribution in [-0.2, 0) is 30.1 Å². The first kappa shape index (κ1) is 32.0. The van der Waals surface area contributed by atoms with E-state index in [9.17, 15) is 9.18 Å². The van der Waals surface area contributed by atoms with E-state index in [4.69, 9.17) is 31.9 Å². The molecule has 0 saturated heterocycles. The van der Waals surface area contributed by atoms with Crippen molar-refractivity contribution in [3.63, 3.8) is 0 Å². The van der Waals surface area contributed by atoms with Crippen LogP contribution in [-0.4, -0.2) is 40.1 Å². The summed E-state index contributed by atoms with van der Waals surface area (Å²) in [6, 6.07) is 14.2. The number of halogens is 3. The minimum Gasteiger partial charge on any atom is -0.493 e. The average Bonchev–Trinajstić information content (AvgIpc) is 3.48. The summed E-state index contributed by atoms with van der Waals surface area (Å²) in [6.45, 7) is 5.65. The first-order valence-electron chi connectivity index (χ1n) is 14.9. The Morgan fingerprint density at radius 2 is 1.89 bits per heavy atom. The third kappa shape index (κ3) is 6.23. The Kier molecular flexibility index (Phi) is 10.3. The minimum atomic E-state index is -0.367. The molecule has 0 fully saturated rings. The lowest BCUT2D eigenvalue weighted by Gasteiger charge is -2.15. The van der Waals surface area contributed by atoms with Crippen LogP contribution in [0.2, 0.25) is 5.02 Å². The number of hydrogen-bond acceptors (Lipinski definition) is 5. The van der Waals surface area contributed by atoms with E-state index >= 15 is 0 Å². The number of aromatic nitrogens is 3. The number of hydrogen-bond donors (Lipinski definition) is 1.